The van der Waals surface area contributed by atoms with Gasteiger partial charge in [0.2, 0.25) is 0 Å². The topological polar surface area (TPSA) is 15.3 Å². The Morgan fingerprint density at radius 2 is 1.89 bits per heavy atom. The highest BCUT2D eigenvalue weighted by Crippen LogP contribution is 2.26. The lowest BCUT2D eigenvalue weighted by Gasteiger charge is -2.33. The first-order chi connectivity index (χ1) is 8.22. The molecule has 0 aromatic heterocycles. The Balaban J connectivity index is 0.00000162. The number of nitrogens with one attached hydrogen (secondary N) is 1. The highest BCUT2D eigenvalue weighted by molar-refractivity contribution is 9.10. The molecule has 0 bridgehead atoms. The molecule has 0 radical (unpaired) electrons. The van der Waals surface area contributed by atoms with Crippen molar-refractivity contribution >= 4 is 40.7 Å². The minimum atomic E-state index is -0.446. The van der Waals surface area contributed by atoms with Gasteiger partial charge in [-0.25, -0.2) is 8.78 Å². The summed E-state index contributed by atoms with van der Waals surface area (Å²) in [6, 6.07) is 4.44. The molecule has 0 saturated carbocycles. The molecular weight excluding hydrogens is 361 g/mol. The number of hydrogen-bond donors (Lipinski definition) is 1. The van der Waals surface area contributed by atoms with Crippen molar-refractivity contribution in [2.75, 3.05) is 32.9 Å². The summed E-state index contributed by atoms with van der Waals surface area (Å²) >= 11 is 3.14. The van der Waals surface area contributed by atoms with Gasteiger partial charge < -0.3 is 5.32 Å². The number of rotatable bonds is 3. The fraction of sp³-hybridized carbons (Fsp3) is 0.500. The molecule has 2 nitrogen and oxygen atoms in total. The molecule has 1 fully saturated rings. The maximum absolute atomic E-state index is 13.2. The molecule has 110 valence electrons. The molecular formula is C12H17BrCl2F2N2. The Morgan fingerprint density at radius 3 is 2.42 bits per heavy atom. The van der Waals surface area contributed by atoms with Crippen LogP contribution in [0, 0.1) is 5.82 Å². The zero-order chi connectivity index (χ0) is 12.3. The first-order valence-electron chi connectivity index (χ1n) is 5.68. The van der Waals surface area contributed by atoms with Crippen molar-refractivity contribution < 1.29 is 8.78 Å². The van der Waals surface area contributed by atoms with Gasteiger partial charge in [-0.3, -0.25) is 4.90 Å². The van der Waals surface area contributed by atoms with Gasteiger partial charge in [-0.2, -0.15) is 0 Å². The van der Waals surface area contributed by atoms with Gasteiger partial charge in [-0.15, -0.1) is 24.8 Å². The van der Waals surface area contributed by atoms with Gasteiger partial charge in [-0.05, 0) is 33.6 Å². The van der Waals surface area contributed by atoms with Crippen LogP contribution in [0.2, 0.25) is 0 Å². The third-order valence-electron chi connectivity index (χ3n) is 3.07. The standard InChI is InChI=1S/C12H15BrF2N2.2ClH/c13-10-7-9(1-2-11(10)15)12(8-14)17-5-3-16-4-6-17;;/h1-2,7,12,16H,3-6,8H2;2*1H/t12-;;/m1../s1. The quantitative estimate of drug-likeness (QED) is 0.868. The number of benzene rings is 1. The number of hydrogen-bond acceptors (Lipinski definition) is 2. The Hall–Kier alpha value is 0.0600. The van der Waals surface area contributed by atoms with E-state index in [9.17, 15) is 8.78 Å². The second-order valence-electron chi connectivity index (χ2n) is 4.13. The lowest BCUT2D eigenvalue weighted by molar-refractivity contribution is 0.147. The average Bonchev–Trinajstić information content (AvgIpc) is 2.36. The summed E-state index contributed by atoms with van der Waals surface area (Å²) in [6.07, 6.45) is 0. The number of alkyl halides is 1. The van der Waals surface area contributed by atoms with Crippen molar-refractivity contribution in [3.05, 3.63) is 34.1 Å². The summed E-state index contributed by atoms with van der Waals surface area (Å²) in [6.45, 7) is 2.95. The van der Waals surface area contributed by atoms with Gasteiger partial charge in [0.25, 0.3) is 0 Å². The van der Waals surface area contributed by atoms with Crippen LogP contribution in [0.1, 0.15) is 11.6 Å². The summed E-state index contributed by atoms with van der Waals surface area (Å²) in [4.78, 5) is 2.09. The van der Waals surface area contributed by atoms with Crippen molar-refractivity contribution in [1.29, 1.82) is 0 Å². The second kappa shape index (κ2) is 9.08. The van der Waals surface area contributed by atoms with Gasteiger partial charge in [0.15, 0.2) is 0 Å². The summed E-state index contributed by atoms with van der Waals surface area (Å²) < 4.78 is 26.7. The molecule has 1 aromatic carbocycles. The van der Waals surface area contributed by atoms with E-state index in [1.807, 2.05) is 0 Å². The Bertz CT molecular complexity index is 390. The molecule has 0 amide bonds. The maximum Gasteiger partial charge on any atom is 0.137 e. The lowest BCUT2D eigenvalue weighted by Crippen LogP contribution is -2.45. The van der Waals surface area contributed by atoms with E-state index in [2.05, 4.69) is 26.1 Å². The van der Waals surface area contributed by atoms with Gasteiger partial charge in [0, 0.05) is 26.2 Å². The fourth-order valence-electron chi connectivity index (χ4n) is 2.11. The van der Waals surface area contributed by atoms with Crippen LogP contribution in [0.3, 0.4) is 0 Å². The minimum absolute atomic E-state index is 0. The fourth-order valence-corrected chi connectivity index (χ4v) is 2.51. The van der Waals surface area contributed by atoms with E-state index in [1.165, 1.54) is 6.07 Å². The van der Waals surface area contributed by atoms with Crippen molar-refractivity contribution in [2.24, 2.45) is 0 Å². The summed E-state index contributed by atoms with van der Waals surface area (Å²) in [5, 5.41) is 3.23. The van der Waals surface area contributed by atoms with Crippen LogP contribution in [0.5, 0.6) is 0 Å². The molecule has 19 heavy (non-hydrogen) atoms. The molecule has 1 N–H and O–H groups in total. The SMILES string of the molecule is Cl.Cl.FC[C@H](c1ccc(F)c(Br)c1)N1CCNCC1. The first-order valence-corrected chi connectivity index (χ1v) is 6.47. The lowest BCUT2D eigenvalue weighted by atomic mass is 10.1. The van der Waals surface area contributed by atoms with E-state index >= 15 is 0 Å². The molecule has 0 aliphatic carbocycles. The van der Waals surface area contributed by atoms with Crippen LogP contribution in [0.4, 0.5) is 8.78 Å². The number of halogens is 5. The minimum Gasteiger partial charge on any atom is -0.314 e. The summed E-state index contributed by atoms with van der Waals surface area (Å²) in [5.74, 6) is -0.313. The molecule has 1 heterocycles. The average molecular weight is 378 g/mol. The Kier molecular flexibility index (Phi) is 9.11. The second-order valence-corrected chi connectivity index (χ2v) is 4.98. The Morgan fingerprint density at radius 1 is 1.26 bits per heavy atom. The van der Waals surface area contributed by atoms with Crippen LogP contribution in [-0.4, -0.2) is 37.8 Å². The van der Waals surface area contributed by atoms with Gasteiger partial charge >= 0.3 is 0 Å². The highest BCUT2D eigenvalue weighted by Gasteiger charge is 2.22. The van der Waals surface area contributed by atoms with Crippen LogP contribution >= 0.6 is 40.7 Å². The summed E-state index contributed by atoms with van der Waals surface area (Å²) in [7, 11) is 0. The van der Waals surface area contributed by atoms with Gasteiger partial charge in [-0.1, -0.05) is 6.07 Å². The maximum atomic E-state index is 13.2. The Labute approximate surface area is 132 Å². The molecule has 1 aliphatic heterocycles. The normalized spacial score (nSPS) is 17.2. The van der Waals surface area contributed by atoms with Crippen molar-refractivity contribution in [1.82, 2.24) is 10.2 Å². The third kappa shape index (κ3) is 4.83. The first kappa shape index (κ1) is 19.1. The molecule has 0 spiro atoms. The smallest absolute Gasteiger partial charge is 0.137 e. The van der Waals surface area contributed by atoms with E-state index in [0.29, 0.717) is 4.47 Å². The molecule has 0 unspecified atom stereocenters. The molecule has 2 rings (SSSR count). The van der Waals surface area contributed by atoms with Crippen LogP contribution in [0.15, 0.2) is 22.7 Å². The van der Waals surface area contributed by atoms with Crippen molar-refractivity contribution in [3.8, 4) is 0 Å². The molecule has 7 heteroatoms. The number of piperazine rings is 1. The number of nitrogens with zero attached hydrogens (tertiary/aromatic N) is 1. The van der Waals surface area contributed by atoms with E-state index in [1.54, 1.807) is 12.1 Å². The van der Waals surface area contributed by atoms with Crippen LogP contribution in [0.25, 0.3) is 0 Å². The van der Waals surface area contributed by atoms with Crippen LogP contribution < -0.4 is 5.32 Å². The zero-order valence-corrected chi connectivity index (χ0v) is 13.5. The van der Waals surface area contributed by atoms with Crippen LogP contribution in [-0.2, 0) is 0 Å². The predicted molar refractivity (Wildman–Crippen MR) is 81.8 cm³/mol. The van der Waals surface area contributed by atoms with Crippen molar-refractivity contribution in [3.63, 3.8) is 0 Å². The third-order valence-corrected chi connectivity index (χ3v) is 3.67. The van der Waals surface area contributed by atoms with E-state index in [-0.39, 0.29) is 36.7 Å². The largest absolute Gasteiger partial charge is 0.314 e. The zero-order valence-electron chi connectivity index (χ0n) is 10.2. The molecule has 1 aromatic rings. The molecule has 1 aliphatic rings. The van der Waals surface area contributed by atoms with E-state index < -0.39 is 6.67 Å². The van der Waals surface area contributed by atoms with E-state index in [4.69, 9.17) is 0 Å². The van der Waals surface area contributed by atoms with E-state index in [0.717, 1.165) is 31.7 Å². The summed E-state index contributed by atoms with van der Waals surface area (Å²) in [5.41, 5.74) is 0.822. The monoisotopic (exact) mass is 376 g/mol. The van der Waals surface area contributed by atoms with Crippen molar-refractivity contribution in [2.45, 2.75) is 6.04 Å². The molecule has 1 saturated heterocycles. The van der Waals surface area contributed by atoms with Gasteiger partial charge in [0.05, 0.1) is 10.5 Å². The highest BCUT2D eigenvalue weighted by atomic mass is 79.9. The van der Waals surface area contributed by atoms with Gasteiger partial charge in [0.1, 0.15) is 12.5 Å². The predicted octanol–water partition coefficient (Wildman–Crippen LogP) is 3.35. The molecule has 1 atom stereocenters.